The minimum absolute atomic E-state index is 0.292. The lowest BCUT2D eigenvalue weighted by molar-refractivity contribution is 0.0926. The van der Waals surface area contributed by atoms with Gasteiger partial charge in [-0.25, -0.2) is 4.90 Å². The van der Waals surface area contributed by atoms with E-state index in [9.17, 15) is 9.59 Å². The highest BCUT2D eigenvalue weighted by atomic mass is 79.9. The zero-order chi connectivity index (χ0) is 14.3. The monoisotopic (exact) mass is 330 g/mol. The number of anilines is 2. The average Bonchev–Trinajstić information content (AvgIpc) is 2.72. The second-order valence-electron chi connectivity index (χ2n) is 4.41. The Morgan fingerprint density at radius 1 is 1.05 bits per heavy atom. The summed E-state index contributed by atoms with van der Waals surface area (Å²) in [6.07, 6.45) is 0. The zero-order valence-electron chi connectivity index (χ0n) is 10.7. The number of halogens is 1. The summed E-state index contributed by atoms with van der Waals surface area (Å²) in [4.78, 5) is 26.1. The van der Waals surface area contributed by atoms with E-state index in [1.54, 1.807) is 43.4 Å². The van der Waals surface area contributed by atoms with E-state index in [0.29, 0.717) is 21.3 Å². The van der Waals surface area contributed by atoms with Crippen molar-refractivity contribution in [2.24, 2.45) is 0 Å². The molecule has 0 spiro atoms. The summed E-state index contributed by atoms with van der Waals surface area (Å²) in [7, 11) is 1.79. The van der Waals surface area contributed by atoms with E-state index in [2.05, 4.69) is 21.2 Å². The van der Waals surface area contributed by atoms with Crippen LogP contribution in [-0.2, 0) is 0 Å². The van der Waals surface area contributed by atoms with Gasteiger partial charge in [-0.2, -0.15) is 0 Å². The Kier molecular flexibility index (Phi) is 3.06. The SMILES string of the molecule is CNc1cccc(N2C(=O)c3cccc(Br)c3C2=O)c1. The standard InChI is InChI=1S/C15H11BrN2O2/c1-17-9-4-2-5-10(8-9)18-14(19)11-6-3-7-12(16)13(11)15(18)20/h2-8,17H,1H3. The molecule has 1 aliphatic rings. The van der Waals surface area contributed by atoms with Crippen LogP contribution in [0.4, 0.5) is 11.4 Å². The summed E-state index contributed by atoms with van der Waals surface area (Å²) in [5, 5.41) is 2.99. The van der Waals surface area contributed by atoms with Crippen molar-refractivity contribution in [2.75, 3.05) is 17.3 Å². The number of rotatable bonds is 2. The molecule has 0 fully saturated rings. The first kappa shape index (κ1) is 12.9. The van der Waals surface area contributed by atoms with Gasteiger partial charge in [-0.1, -0.05) is 12.1 Å². The van der Waals surface area contributed by atoms with Crippen LogP contribution in [0.3, 0.4) is 0 Å². The van der Waals surface area contributed by atoms with Gasteiger partial charge >= 0.3 is 0 Å². The molecule has 0 aliphatic carbocycles. The molecule has 2 aromatic rings. The van der Waals surface area contributed by atoms with Gasteiger partial charge in [-0.3, -0.25) is 9.59 Å². The van der Waals surface area contributed by atoms with Crippen LogP contribution in [0, 0.1) is 0 Å². The summed E-state index contributed by atoms with van der Waals surface area (Å²) in [5.41, 5.74) is 2.26. The van der Waals surface area contributed by atoms with E-state index in [-0.39, 0.29) is 11.8 Å². The summed E-state index contributed by atoms with van der Waals surface area (Å²) >= 11 is 3.33. The van der Waals surface area contributed by atoms with E-state index in [0.717, 1.165) is 5.69 Å². The number of nitrogens with one attached hydrogen (secondary N) is 1. The van der Waals surface area contributed by atoms with Crippen molar-refractivity contribution in [3.63, 3.8) is 0 Å². The van der Waals surface area contributed by atoms with Crippen LogP contribution < -0.4 is 10.2 Å². The smallest absolute Gasteiger partial charge is 0.267 e. The predicted octanol–water partition coefficient (Wildman–Crippen LogP) is 3.29. The van der Waals surface area contributed by atoms with Gasteiger partial charge in [0.15, 0.2) is 0 Å². The van der Waals surface area contributed by atoms with E-state index in [4.69, 9.17) is 0 Å². The molecule has 1 N–H and O–H groups in total. The molecule has 0 saturated heterocycles. The van der Waals surface area contributed by atoms with Crippen LogP contribution in [0.2, 0.25) is 0 Å². The first-order valence-electron chi connectivity index (χ1n) is 6.08. The topological polar surface area (TPSA) is 49.4 Å². The molecule has 0 unspecified atom stereocenters. The summed E-state index contributed by atoms with van der Waals surface area (Å²) in [6.45, 7) is 0. The molecule has 0 saturated carbocycles. The molecule has 2 aromatic carbocycles. The van der Waals surface area contributed by atoms with Crippen LogP contribution >= 0.6 is 15.9 Å². The van der Waals surface area contributed by atoms with Gasteiger partial charge in [0, 0.05) is 17.2 Å². The Hall–Kier alpha value is -2.14. The number of amides is 2. The number of nitrogens with zero attached hydrogens (tertiary/aromatic N) is 1. The van der Waals surface area contributed by atoms with Crippen LogP contribution in [0.1, 0.15) is 20.7 Å². The molecule has 1 aliphatic heterocycles. The minimum Gasteiger partial charge on any atom is -0.388 e. The molecule has 1 heterocycles. The second-order valence-corrected chi connectivity index (χ2v) is 5.26. The first-order chi connectivity index (χ1) is 9.63. The van der Waals surface area contributed by atoms with Gasteiger partial charge in [-0.05, 0) is 46.3 Å². The molecule has 0 bridgehead atoms. The average molecular weight is 331 g/mol. The van der Waals surface area contributed by atoms with Gasteiger partial charge in [0.2, 0.25) is 0 Å². The number of fused-ring (bicyclic) bond motifs is 1. The van der Waals surface area contributed by atoms with Gasteiger partial charge in [-0.15, -0.1) is 0 Å². The molecule has 100 valence electrons. The maximum absolute atomic E-state index is 12.5. The Bertz CT molecular complexity index is 728. The van der Waals surface area contributed by atoms with E-state index in [1.807, 2.05) is 6.07 Å². The summed E-state index contributed by atoms with van der Waals surface area (Å²) in [5.74, 6) is -0.592. The van der Waals surface area contributed by atoms with Crippen molar-refractivity contribution in [3.8, 4) is 0 Å². The zero-order valence-corrected chi connectivity index (χ0v) is 12.3. The molecule has 0 atom stereocenters. The third-order valence-electron chi connectivity index (χ3n) is 3.26. The number of hydrogen-bond acceptors (Lipinski definition) is 3. The maximum Gasteiger partial charge on any atom is 0.267 e. The van der Waals surface area contributed by atoms with Gasteiger partial charge in [0.25, 0.3) is 11.8 Å². The minimum atomic E-state index is -0.300. The van der Waals surface area contributed by atoms with Crippen molar-refractivity contribution in [2.45, 2.75) is 0 Å². The molecule has 5 heteroatoms. The molecule has 4 nitrogen and oxygen atoms in total. The maximum atomic E-state index is 12.5. The number of hydrogen-bond donors (Lipinski definition) is 1. The van der Waals surface area contributed by atoms with E-state index in [1.165, 1.54) is 4.90 Å². The van der Waals surface area contributed by atoms with Crippen LogP contribution in [0.25, 0.3) is 0 Å². The van der Waals surface area contributed by atoms with Gasteiger partial charge in [0.1, 0.15) is 0 Å². The Labute approximate surface area is 124 Å². The van der Waals surface area contributed by atoms with Crippen LogP contribution in [-0.4, -0.2) is 18.9 Å². The highest BCUT2D eigenvalue weighted by molar-refractivity contribution is 9.10. The number of imide groups is 1. The molecular weight excluding hydrogens is 320 g/mol. The third-order valence-corrected chi connectivity index (χ3v) is 3.92. The molecule has 20 heavy (non-hydrogen) atoms. The quantitative estimate of drug-likeness (QED) is 0.859. The van der Waals surface area contributed by atoms with Gasteiger partial charge < -0.3 is 5.32 Å². The van der Waals surface area contributed by atoms with Crippen molar-refractivity contribution in [1.29, 1.82) is 0 Å². The van der Waals surface area contributed by atoms with Crippen molar-refractivity contribution >= 4 is 39.1 Å². The lowest BCUT2D eigenvalue weighted by Crippen LogP contribution is -2.29. The Morgan fingerprint density at radius 2 is 1.80 bits per heavy atom. The van der Waals surface area contributed by atoms with Crippen LogP contribution in [0.5, 0.6) is 0 Å². The Morgan fingerprint density at radius 3 is 2.50 bits per heavy atom. The highest BCUT2D eigenvalue weighted by Gasteiger charge is 2.38. The number of carbonyl (C=O) groups is 2. The number of carbonyl (C=O) groups excluding carboxylic acids is 2. The highest BCUT2D eigenvalue weighted by Crippen LogP contribution is 2.33. The second kappa shape index (κ2) is 4.76. The van der Waals surface area contributed by atoms with E-state index >= 15 is 0 Å². The molecule has 2 amide bonds. The van der Waals surface area contributed by atoms with Crippen molar-refractivity contribution < 1.29 is 9.59 Å². The number of benzene rings is 2. The molecule has 0 radical (unpaired) electrons. The third kappa shape index (κ3) is 1.82. The summed E-state index contributed by atoms with van der Waals surface area (Å²) < 4.78 is 0.639. The normalized spacial score (nSPS) is 13.6. The van der Waals surface area contributed by atoms with Gasteiger partial charge in [0.05, 0.1) is 16.8 Å². The van der Waals surface area contributed by atoms with E-state index < -0.39 is 0 Å². The lowest BCUT2D eigenvalue weighted by atomic mass is 10.1. The summed E-state index contributed by atoms with van der Waals surface area (Å²) in [6, 6.07) is 12.4. The fraction of sp³-hybridized carbons (Fsp3) is 0.0667. The van der Waals surface area contributed by atoms with Crippen molar-refractivity contribution in [3.05, 3.63) is 58.1 Å². The molecule has 3 rings (SSSR count). The van der Waals surface area contributed by atoms with Crippen molar-refractivity contribution in [1.82, 2.24) is 0 Å². The molecular formula is C15H11BrN2O2. The Balaban J connectivity index is 2.12. The molecule has 0 aromatic heterocycles. The largest absolute Gasteiger partial charge is 0.388 e. The fourth-order valence-electron chi connectivity index (χ4n) is 2.28. The lowest BCUT2D eigenvalue weighted by Gasteiger charge is -2.14. The predicted molar refractivity (Wildman–Crippen MR) is 81.3 cm³/mol. The fourth-order valence-corrected chi connectivity index (χ4v) is 2.82. The first-order valence-corrected chi connectivity index (χ1v) is 6.88. The van der Waals surface area contributed by atoms with Crippen LogP contribution in [0.15, 0.2) is 46.9 Å².